The van der Waals surface area contributed by atoms with Gasteiger partial charge in [0.25, 0.3) is 5.91 Å². The van der Waals surface area contributed by atoms with E-state index in [9.17, 15) is 18.0 Å². The van der Waals surface area contributed by atoms with Gasteiger partial charge in [0.1, 0.15) is 6.61 Å². The molecule has 48 heavy (non-hydrogen) atoms. The highest BCUT2D eigenvalue weighted by molar-refractivity contribution is 7.07. The largest absolute Gasteiger partial charge is 0.493 e. The molecule has 6 aromatic rings. The van der Waals surface area contributed by atoms with Gasteiger partial charge in [-0.3, -0.25) is 4.79 Å². The lowest BCUT2D eigenvalue weighted by atomic mass is 10.0. The number of halogens is 3. The molecule has 12 heteroatoms. The van der Waals surface area contributed by atoms with Crippen molar-refractivity contribution in [3.63, 3.8) is 0 Å². The minimum atomic E-state index is -4.38. The minimum Gasteiger partial charge on any atom is -0.493 e. The molecule has 4 aromatic carbocycles. The summed E-state index contributed by atoms with van der Waals surface area (Å²) in [7, 11) is 1.60. The summed E-state index contributed by atoms with van der Waals surface area (Å²) in [6.45, 7) is 0.935. The number of benzene rings is 4. The first-order valence-corrected chi connectivity index (χ1v) is 15.9. The molecule has 0 fully saturated rings. The fourth-order valence-electron chi connectivity index (χ4n) is 5.47. The quantitative estimate of drug-likeness (QED) is 0.160. The zero-order valence-electron chi connectivity index (χ0n) is 25.5. The first-order chi connectivity index (χ1) is 23.2. The average molecular weight is 668 g/mol. The molecular formula is C36H28F3N5O3S. The molecule has 0 saturated heterocycles. The highest BCUT2D eigenvalue weighted by Crippen LogP contribution is 2.38. The highest BCUT2D eigenvalue weighted by atomic mass is 32.1. The third-order valence-corrected chi connectivity index (χ3v) is 8.66. The van der Waals surface area contributed by atoms with Crippen LogP contribution in [0.5, 0.6) is 11.5 Å². The Balaban J connectivity index is 1.04. The van der Waals surface area contributed by atoms with Crippen molar-refractivity contribution in [2.24, 2.45) is 0 Å². The fraction of sp³-hybridized carbons (Fsp3) is 0.139. The van der Waals surface area contributed by atoms with Crippen LogP contribution < -0.4 is 20.1 Å². The summed E-state index contributed by atoms with van der Waals surface area (Å²) in [5, 5.41) is 8.39. The van der Waals surface area contributed by atoms with Crippen LogP contribution in [-0.2, 0) is 25.7 Å². The first kappa shape index (κ1) is 31.0. The van der Waals surface area contributed by atoms with Crippen molar-refractivity contribution < 1.29 is 27.4 Å². The highest BCUT2D eigenvalue weighted by Gasteiger charge is 2.30. The van der Waals surface area contributed by atoms with Crippen LogP contribution in [0, 0.1) is 0 Å². The number of imidazole rings is 1. The summed E-state index contributed by atoms with van der Waals surface area (Å²) < 4.78 is 52.2. The Kier molecular flexibility index (Phi) is 8.32. The molecule has 0 radical (unpaired) electrons. The van der Waals surface area contributed by atoms with Crippen molar-refractivity contribution in [3.05, 3.63) is 125 Å². The maximum atomic E-state index is 13.3. The van der Waals surface area contributed by atoms with E-state index < -0.39 is 11.7 Å². The van der Waals surface area contributed by atoms with Crippen molar-refractivity contribution in [2.75, 3.05) is 17.7 Å². The average Bonchev–Trinajstić information content (AvgIpc) is 3.77. The van der Waals surface area contributed by atoms with Crippen LogP contribution in [0.4, 0.5) is 30.2 Å². The topological polar surface area (TPSA) is 90.3 Å². The summed E-state index contributed by atoms with van der Waals surface area (Å²) in [6, 6.07) is 22.2. The Morgan fingerprint density at radius 3 is 2.40 bits per heavy atom. The van der Waals surface area contributed by atoms with Gasteiger partial charge in [-0.1, -0.05) is 30.3 Å². The van der Waals surface area contributed by atoms with Crippen LogP contribution >= 0.6 is 11.3 Å². The van der Waals surface area contributed by atoms with Crippen LogP contribution in [0.1, 0.15) is 27.2 Å². The summed E-state index contributed by atoms with van der Waals surface area (Å²) in [4.78, 5) is 21.9. The number of ether oxygens (including phenoxy) is 2. The molecule has 2 aromatic heterocycles. The maximum absolute atomic E-state index is 13.3. The molecule has 0 bridgehead atoms. The fourth-order valence-corrected chi connectivity index (χ4v) is 6.01. The lowest BCUT2D eigenvalue weighted by Crippen LogP contribution is -2.11. The van der Waals surface area contributed by atoms with Gasteiger partial charge in [-0.05, 0) is 71.6 Å². The van der Waals surface area contributed by atoms with Gasteiger partial charge in [0.05, 0.1) is 58.5 Å². The molecule has 0 spiro atoms. The van der Waals surface area contributed by atoms with E-state index in [4.69, 9.17) is 9.47 Å². The van der Waals surface area contributed by atoms with Gasteiger partial charge in [0.2, 0.25) is 0 Å². The third kappa shape index (κ3) is 6.60. The van der Waals surface area contributed by atoms with Gasteiger partial charge in [0.15, 0.2) is 11.5 Å². The number of nitrogens with one attached hydrogen (secondary N) is 2. The molecule has 8 nitrogen and oxygen atoms in total. The van der Waals surface area contributed by atoms with Crippen molar-refractivity contribution in [3.8, 4) is 33.9 Å². The molecule has 0 atom stereocenters. The van der Waals surface area contributed by atoms with Gasteiger partial charge in [0, 0.05) is 23.7 Å². The van der Waals surface area contributed by atoms with E-state index in [0.717, 1.165) is 40.2 Å². The Hall–Kier alpha value is -5.62. The number of thiazole rings is 1. The number of amides is 1. The van der Waals surface area contributed by atoms with Gasteiger partial charge in [-0.15, -0.1) is 11.3 Å². The molecule has 1 amide bonds. The number of nitrogens with zero attached hydrogens (tertiary/aromatic N) is 3. The summed E-state index contributed by atoms with van der Waals surface area (Å²) in [5.74, 6) is 0.978. The van der Waals surface area contributed by atoms with E-state index in [0.29, 0.717) is 59.3 Å². The van der Waals surface area contributed by atoms with Crippen molar-refractivity contribution in [1.29, 1.82) is 0 Å². The first-order valence-electron chi connectivity index (χ1n) is 15.0. The Morgan fingerprint density at radius 2 is 1.62 bits per heavy atom. The van der Waals surface area contributed by atoms with Crippen molar-refractivity contribution >= 4 is 34.3 Å². The second-order valence-electron chi connectivity index (χ2n) is 11.2. The predicted molar refractivity (Wildman–Crippen MR) is 179 cm³/mol. The monoisotopic (exact) mass is 667 g/mol. The number of aromatic nitrogens is 3. The van der Waals surface area contributed by atoms with E-state index in [1.54, 1.807) is 25.0 Å². The molecule has 0 unspecified atom stereocenters. The van der Waals surface area contributed by atoms with Gasteiger partial charge < -0.3 is 24.7 Å². The van der Waals surface area contributed by atoms with Gasteiger partial charge >= 0.3 is 6.18 Å². The molecule has 1 aliphatic heterocycles. The molecule has 0 saturated carbocycles. The maximum Gasteiger partial charge on any atom is 0.416 e. The van der Waals surface area contributed by atoms with Crippen LogP contribution in [0.2, 0.25) is 0 Å². The number of anilines is 3. The Bertz CT molecular complexity index is 2090. The zero-order chi connectivity index (χ0) is 33.3. The number of carbonyl (C=O) groups is 1. The van der Waals surface area contributed by atoms with Crippen molar-refractivity contribution in [2.45, 2.75) is 25.7 Å². The predicted octanol–water partition coefficient (Wildman–Crippen LogP) is 8.83. The molecule has 7 rings (SSSR count). The number of carbonyl (C=O) groups excluding carboxylic acids is 1. The van der Waals surface area contributed by atoms with Gasteiger partial charge in [-0.2, -0.15) is 13.2 Å². The lowest BCUT2D eigenvalue weighted by Gasteiger charge is -2.14. The number of aryl methyl sites for hydroxylation is 2. The van der Waals surface area contributed by atoms with Crippen LogP contribution in [0.15, 0.2) is 102 Å². The Morgan fingerprint density at radius 1 is 0.833 bits per heavy atom. The SMILES string of the molecule is COc1cc(-c2ccc3c(c2)Nc2ccc(CCn4cnc(-c5ccc(C(F)(F)F)cc5)c4)cc2NC3=O)ccc1OCc1cscn1. The zero-order valence-corrected chi connectivity index (χ0v) is 26.4. The summed E-state index contributed by atoms with van der Waals surface area (Å²) >= 11 is 1.51. The van der Waals surface area contributed by atoms with E-state index in [-0.39, 0.29) is 5.91 Å². The van der Waals surface area contributed by atoms with Gasteiger partial charge in [-0.25, -0.2) is 9.97 Å². The molecule has 242 valence electrons. The minimum absolute atomic E-state index is 0.223. The van der Waals surface area contributed by atoms with E-state index in [1.165, 1.54) is 23.5 Å². The van der Waals surface area contributed by atoms with E-state index in [1.807, 2.05) is 64.7 Å². The Labute approximate surface area is 277 Å². The number of methoxy groups -OCH3 is 1. The number of alkyl halides is 3. The number of hydrogen-bond acceptors (Lipinski definition) is 7. The van der Waals surface area contributed by atoms with E-state index in [2.05, 4.69) is 20.6 Å². The number of hydrogen-bond donors (Lipinski definition) is 2. The standard InChI is InChI=1S/C36H28F3N5O3S/c1-46-34-16-25(6-11-33(34)47-18-27-19-48-21-41-27)24-5-9-28-30(15-24)42-29-10-2-22(14-31(29)43-35(28)45)12-13-44-17-32(40-20-44)23-3-7-26(8-4-23)36(37,38)39/h2-11,14-17,19-21,42H,12-13,18H2,1H3,(H,43,45). The molecule has 0 aliphatic carbocycles. The van der Waals surface area contributed by atoms with Crippen LogP contribution in [0.25, 0.3) is 22.4 Å². The molecule has 1 aliphatic rings. The summed E-state index contributed by atoms with van der Waals surface area (Å²) in [6.07, 6.45) is -0.267. The van der Waals surface area contributed by atoms with Crippen molar-refractivity contribution in [1.82, 2.24) is 14.5 Å². The normalized spacial score (nSPS) is 12.4. The van der Waals surface area contributed by atoms with Crippen LogP contribution in [0.3, 0.4) is 0 Å². The summed E-state index contributed by atoms with van der Waals surface area (Å²) in [5.41, 5.74) is 8.52. The second kappa shape index (κ2) is 12.9. The molecule has 2 N–H and O–H groups in total. The smallest absolute Gasteiger partial charge is 0.416 e. The number of rotatable bonds is 9. The van der Waals surface area contributed by atoms with Crippen LogP contribution in [-0.4, -0.2) is 27.6 Å². The number of fused-ring (bicyclic) bond motifs is 2. The molecular weight excluding hydrogens is 639 g/mol. The third-order valence-electron chi connectivity index (χ3n) is 8.02. The molecule has 3 heterocycles. The lowest BCUT2D eigenvalue weighted by molar-refractivity contribution is -0.137. The van der Waals surface area contributed by atoms with E-state index >= 15 is 0 Å². The second-order valence-corrected chi connectivity index (χ2v) is 11.9.